The van der Waals surface area contributed by atoms with E-state index in [2.05, 4.69) is 20.3 Å². The van der Waals surface area contributed by atoms with E-state index in [1.54, 1.807) is 0 Å². The molecule has 2 aromatic heterocycles. The molecule has 0 aliphatic rings. The normalized spacial score (nSPS) is 10.5. The first-order valence-electron chi connectivity index (χ1n) is 4.45. The van der Waals surface area contributed by atoms with Crippen molar-refractivity contribution in [3.63, 3.8) is 0 Å². The Kier molecular flexibility index (Phi) is 2.20. The summed E-state index contributed by atoms with van der Waals surface area (Å²) in [5.74, 6) is 0.267. The van der Waals surface area contributed by atoms with Crippen LogP contribution in [0.3, 0.4) is 0 Å². The number of nitrogens with two attached hydrogens (primary N) is 1. The number of carbonyl (C=O) groups excluding carboxylic acids is 1. The second-order valence-electron chi connectivity index (χ2n) is 2.88. The molecule has 0 radical (unpaired) electrons. The minimum Gasteiger partial charge on any atom is -0.382 e. The maximum absolute atomic E-state index is 11.5. The molecule has 0 fully saturated rings. The lowest BCUT2D eigenvalue weighted by molar-refractivity contribution is 0.243. The van der Waals surface area contributed by atoms with Crippen LogP contribution >= 0.6 is 0 Å². The molecule has 1 amide bonds. The number of aromatic nitrogens is 4. The van der Waals surface area contributed by atoms with Crippen molar-refractivity contribution in [2.45, 2.75) is 6.92 Å². The number of imidazole rings is 1. The van der Waals surface area contributed by atoms with Gasteiger partial charge in [-0.15, -0.1) is 0 Å². The number of nitrogen functional groups attached to an aromatic ring is 1. The summed E-state index contributed by atoms with van der Waals surface area (Å²) in [4.78, 5) is 23.3. The molecule has 2 rings (SSSR count). The fourth-order valence-corrected chi connectivity index (χ4v) is 1.24. The number of carbonyl (C=O) groups is 1. The number of nitrogens with zero attached hydrogens (tertiary/aromatic N) is 4. The number of fused-ring (bicyclic) bond motifs is 1. The van der Waals surface area contributed by atoms with Gasteiger partial charge in [-0.05, 0) is 6.92 Å². The van der Waals surface area contributed by atoms with Crippen LogP contribution in [0.5, 0.6) is 0 Å². The van der Waals surface area contributed by atoms with Crippen LogP contribution in [-0.4, -0.2) is 32.1 Å². The van der Waals surface area contributed by atoms with Crippen molar-refractivity contribution in [3.8, 4) is 0 Å². The average Bonchev–Trinajstić information content (AvgIpc) is 2.63. The third-order valence-corrected chi connectivity index (χ3v) is 1.91. The van der Waals surface area contributed by atoms with Gasteiger partial charge in [0.1, 0.15) is 12.7 Å². The molecule has 0 spiro atoms. The molecule has 0 aliphatic heterocycles. The van der Waals surface area contributed by atoms with Crippen molar-refractivity contribution in [2.24, 2.45) is 0 Å². The number of nitrogens with one attached hydrogen (secondary N) is 1. The summed E-state index contributed by atoms with van der Waals surface area (Å²) >= 11 is 0. The number of anilines is 1. The summed E-state index contributed by atoms with van der Waals surface area (Å²) in [5, 5.41) is 2.64. The molecular formula is C8H10N6O. The van der Waals surface area contributed by atoms with Crippen LogP contribution in [-0.2, 0) is 0 Å². The zero-order chi connectivity index (χ0) is 10.8. The topological polar surface area (TPSA) is 98.7 Å². The van der Waals surface area contributed by atoms with Crippen LogP contribution in [0.25, 0.3) is 11.2 Å². The second kappa shape index (κ2) is 3.52. The van der Waals surface area contributed by atoms with Crippen LogP contribution in [0, 0.1) is 0 Å². The van der Waals surface area contributed by atoms with Crippen molar-refractivity contribution in [1.82, 2.24) is 24.8 Å². The van der Waals surface area contributed by atoms with E-state index in [4.69, 9.17) is 5.73 Å². The molecule has 3 N–H and O–H groups in total. The van der Waals surface area contributed by atoms with Crippen LogP contribution in [0.1, 0.15) is 6.92 Å². The number of amides is 1. The minimum atomic E-state index is -0.280. The maximum atomic E-state index is 11.5. The van der Waals surface area contributed by atoms with E-state index in [0.29, 0.717) is 17.7 Å². The Morgan fingerprint density at radius 2 is 2.33 bits per heavy atom. The van der Waals surface area contributed by atoms with Crippen LogP contribution in [0.4, 0.5) is 10.6 Å². The third-order valence-electron chi connectivity index (χ3n) is 1.91. The van der Waals surface area contributed by atoms with Gasteiger partial charge in [0.15, 0.2) is 17.0 Å². The molecule has 0 saturated heterocycles. The largest absolute Gasteiger partial charge is 0.382 e. The van der Waals surface area contributed by atoms with Crippen LogP contribution in [0.15, 0.2) is 12.7 Å². The van der Waals surface area contributed by atoms with E-state index in [9.17, 15) is 4.79 Å². The highest BCUT2D eigenvalue weighted by atomic mass is 16.2. The van der Waals surface area contributed by atoms with E-state index >= 15 is 0 Å². The lowest BCUT2D eigenvalue weighted by Gasteiger charge is -2.02. The summed E-state index contributed by atoms with van der Waals surface area (Å²) in [6.07, 6.45) is 2.68. The van der Waals surface area contributed by atoms with Gasteiger partial charge in [-0.2, -0.15) is 0 Å². The van der Waals surface area contributed by atoms with Gasteiger partial charge >= 0.3 is 6.03 Å². The molecule has 7 nitrogen and oxygen atoms in total. The predicted molar refractivity (Wildman–Crippen MR) is 54.2 cm³/mol. The molecule has 7 heteroatoms. The lowest BCUT2D eigenvalue weighted by atomic mass is 10.5. The molecule has 0 saturated carbocycles. The van der Waals surface area contributed by atoms with Crippen molar-refractivity contribution in [3.05, 3.63) is 12.7 Å². The Morgan fingerprint density at radius 3 is 3.07 bits per heavy atom. The molecule has 0 aromatic carbocycles. The minimum absolute atomic E-state index is 0.267. The fourth-order valence-electron chi connectivity index (χ4n) is 1.24. The van der Waals surface area contributed by atoms with E-state index in [0.717, 1.165) is 0 Å². The molecule has 0 bridgehead atoms. The first-order chi connectivity index (χ1) is 7.24. The van der Waals surface area contributed by atoms with E-state index < -0.39 is 0 Å². The Morgan fingerprint density at radius 1 is 1.53 bits per heavy atom. The Bertz CT molecular complexity index is 505. The first-order valence-corrected chi connectivity index (χ1v) is 4.45. The highest BCUT2D eigenvalue weighted by molar-refractivity contribution is 5.90. The van der Waals surface area contributed by atoms with Gasteiger partial charge in [-0.1, -0.05) is 0 Å². The van der Waals surface area contributed by atoms with E-state index in [1.165, 1.54) is 17.2 Å². The lowest BCUT2D eigenvalue weighted by Crippen LogP contribution is -2.27. The van der Waals surface area contributed by atoms with Crippen LogP contribution in [0.2, 0.25) is 0 Å². The smallest absolute Gasteiger partial charge is 0.328 e. The summed E-state index contributed by atoms with van der Waals surface area (Å²) in [6, 6.07) is -0.280. The fraction of sp³-hybridized carbons (Fsp3) is 0.250. The Hall–Kier alpha value is -2.18. The molecule has 2 heterocycles. The van der Waals surface area contributed by atoms with Crippen molar-refractivity contribution < 1.29 is 4.79 Å². The monoisotopic (exact) mass is 206 g/mol. The Labute approximate surface area is 85.3 Å². The predicted octanol–water partition coefficient (Wildman–Crippen LogP) is -0.0139. The SMILES string of the molecule is CCNC(=O)n1cnc2c(N)ncnc21. The first kappa shape index (κ1) is 9.38. The standard InChI is InChI=1S/C8H10N6O/c1-2-10-8(15)14-4-13-5-6(9)11-3-12-7(5)14/h3-4H,2H2,1H3,(H,10,15)(H2,9,11,12). The molecule has 0 atom stereocenters. The zero-order valence-electron chi connectivity index (χ0n) is 8.14. The van der Waals surface area contributed by atoms with Crippen LogP contribution < -0.4 is 11.1 Å². The molecule has 0 aliphatic carbocycles. The molecule has 15 heavy (non-hydrogen) atoms. The quantitative estimate of drug-likeness (QED) is 0.683. The molecule has 2 aromatic rings. The number of rotatable bonds is 1. The Balaban J connectivity index is 2.54. The maximum Gasteiger partial charge on any atom is 0.328 e. The van der Waals surface area contributed by atoms with E-state index in [-0.39, 0.29) is 11.8 Å². The summed E-state index contributed by atoms with van der Waals surface area (Å²) in [5.41, 5.74) is 6.43. The van der Waals surface area contributed by atoms with Gasteiger partial charge in [-0.3, -0.25) is 0 Å². The number of hydrogen-bond acceptors (Lipinski definition) is 5. The average molecular weight is 206 g/mol. The summed E-state index contributed by atoms with van der Waals surface area (Å²) in [6.45, 7) is 2.37. The van der Waals surface area contributed by atoms with Gasteiger partial charge < -0.3 is 11.1 Å². The van der Waals surface area contributed by atoms with Gasteiger partial charge in [0.2, 0.25) is 0 Å². The molecule has 78 valence electrons. The van der Waals surface area contributed by atoms with Crippen molar-refractivity contribution >= 4 is 23.0 Å². The molecule has 0 unspecified atom stereocenters. The highest BCUT2D eigenvalue weighted by Crippen LogP contribution is 2.13. The van der Waals surface area contributed by atoms with Crippen molar-refractivity contribution in [1.29, 1.82) is 0 Å². The van der Waals surface area contributed by atoms with Gasteiger partial charge in [0.25, 0.3) is 0 Å². The molecular weight excluding hydrogens is 196 g/mol. The van der Waals surface area contributed by atoms with Gasteiger partial charge in [0.05, 0.1) is 0 Å². The third kappa shape index (κ3) is 1.47. The number of hydrogen-bond donors (Lipinski definition) is 2. The summed E-state index contributed by atoms with van der Waals surface area (Å²) < 4.78 is 1.30. The van der Waals surface area contributed by atoms with Crippen molar-refractivity contribution in [2.75, 3.05) is 12.3 Å². The highest BCUT2D eigenvalue weighted by Gasteiger charge is 2.11. The second-order valence-corrected chi connectivity index (χ2v) is 2.88. The summed E-state index contributed by atoms with van der Waals surface area (Å²) in [7, 11) is 0. The zero-order valence-corrected chi connectivity index (χ0v) is 8.14. The van der Waals surface area contributed by atoms with Gasteiger partial charge in [-0.25, -0.2) is 24.3 Å². The van der Waals surface area contributed by atoms with E-state index in [1.807, 2.05) is 6.92 Å². The van der Waals surface area contributed by atoms with Gasteiger partial charge in [0, 0.05) is 6.54 Å².